The second kappa shape index (κ2) is 5.56. The van der Waals surface area contributed by atoms with E-state index in [1.54, 1.807) is 0 Å². The monoisotopic (exact) mass is 324 g/mol. The smallest absolute Gasteiger partial charge is 0.230 e. The van der Waals surface area contributed by atoms with Gasteiger partial charge in [-0.15, -0.1) is 0 Å². The van der Waals surface area contributed by atoms with Crippen molar-refractivity contribution in [2.24, 2.45) is 5.41 Å². The Labute approximate surface area is 140 Å². The molecule has 0 radical (unpaired) electrons. The maximum atomic E-state index is 12.2. The molecule has 124 valence electrons. The molecule has 0 saturated carbocycles. The molecule has 6 heteroatoms. The zero-order valence-electron chi connectivity index (χ0n) is 13.6. The molecule has 0 bridgehead atoms. The highest BCUT2D eigenvalue weighted by Crippen LogP contribution is 2.40. The van der Waals surface area contributed by atoms with Gasteiger partial charge in [0.15, 0.2) is 5.82 Å². The standard InChI is InChI=1S/C18H20N4O2/c1-12-7-15(21-16(20-12)13-5-3-2-4-6-13)22-10-18(11-22)8-14(23)9-19-17(18)24/h2-7,14,23H,8-11H2,1H3,(H,19,24). The van der Waals surface area contributed by atoms with E-state index >= 15 is 0 Å². The number of anilines is 1. The number of amides is 1. The first kappa shape index (κ1) is 15.1. The van der Waals surface area contributed by atoms with Gasteiger partial charge >= 0.3 is 0 Å². The number of aromatic nitrogens is 2. The van der Waals surface area contributed by atoms with Crippen LogP contribution < -0.4 is 10.2 Å². The number of aliphatic hydroxyl groups is 1. The van der Waals surface area contributed by atoms with Crippen LogP contribution in [0.2, 0.25) is 0 Å². The van der Waals surface area contributed by atoms with Crippen molar-refractivity contribution in [1.82, 2.24) is 15.3 Å². The Morgan fingerprint density at radius 1 is 1.25 bits per heavy atom. The van der Waals surface area contributed by atoms with E-state index < -0.39 is 11.5 Å². The number of aryl methyl sites for hydroxylation is 1. The van der Waals surface area contributed by atoms with E-state index in [9.17, 15) is 9.90 Å². The molecule has 6 nitrogen and oxygen atoms in total. The van der Waals surface area contributed by atoms with Crippen molar-refractivity contribution in [3.8, 4) is 11.4 Å². The number of benzene rings is 1. The van der Waals surface area contributed by atoms with Gasteiger partial charge < -0.3 is 15.3 Å². The average molecular weight is 324 g/mol. The Morgan fingerprint density at radius 3 is 2.75 bits per heavy atom. The van der Waals surface area contributed by atoms with Gasteiger partial charge in [0, 0.05) is 37.0 Å². The van der Waals surface area contributed by atoms with Gasteiger partial charge in [0.05, 0.1) is 11.5 Å². The SMILES string of the molecule is Cc1cc(N2CC3(CC(O)CNC3=O)C2)nc(-c2ccccc2)n1. The summed E-state index contributed by atoms with van der Waals surface area (Å²) in [6.07, 6.45) is 0.0576. The molecule has 2 saturated heterocycles. The summed E-state index contributed by atoms with van der Waals surface area (Å²) in [4.78, 5) is 23.5. The van der Waals surface area contributed by atoms with Crippen LogP contribution in [0.5, 0.6) is 0 Å². The second-order valence-electron chi connectivity index (χ2n) is 6.76. The van der Waals surface area contributed by atoms with E-state index in [1.165, 1.54) is 0 Å². The predicted molar refractivity (Wildman–Crippen MR) is 90.5 cm³/mol. The lowest BCUT2D eigenvalue weighted by Gasteiger charge is -2.52. The molecule has 2 N–H and O–H groups in total. The topological polar surface area (TPSA) is 78.4 Å². The molecule has 4 rings (SSSR count). The minimum atomic E-state index is -0.483. The predicted octanol–water partition coefficient (Wildman–Crippen LogP) is 1.14. The number of nitrogens with one attached hydrogen (secondary N) is 1. The Kier molecular flexibility index (Phi) is 3.49. The van der Waals surface area contributed by atoms with Crippen LogP contribution in [0.3, 0.4) is 0 Å². The van der Waals surface area contributed by atoms with Crippen molar-refractivity contribution in [2.75, 3.05) is 24.5 Å². The van der Waals surface area contributed by atoms with Gasteiger partial charge in [-0.2, -0.15) is 0 Å². The maximum absolute atomic E-state index is 12.2. The molecule has 2 aliphatic heterocycles. The van der Waals surface area contributed by atoms with Crippen LogP contribution in [0.1, 0.15) is 12.1 Å². The molecule has 1 aromatic heterocycles. The number of carbonyl (C=O) groups excluding carboxylic acids is 1. The summed E-state index contributed by atoms with van der Waals surface area (Å²) >= 11 is 0. The summed E-state index contributed by atoms with van der Waals surface area (Å²) in [5, 5.41) is 12.7. The van der Waals surface area contributed by atoms with Crippen molar-refractivity contribution < 1.29 is 9.90 Å². The molecule has 3 heterocycles. The minimum Gasteiger partial charge on any atom is -0.391 e. The third-order valence-electron chi connectivity index (χ3n) is 4.79. The lowest BCUT2D eigenvalue weighted by molar-refractivity contribution is -0.139. The Hall–Kier alpha value is -2.47. The largest absolute Gasteiger partial charge is 0.391 e. The van der Waals surface area contributed by atoms with Crippen LogP contribution in [0, 0.1) is 12.3 Å². The van der Waals surface area contributed by atoms with E-state index in [4.69, 9.17) is 0 Å². The molecule has 0 aliphatic carbocycles. The van der Waals surface area contributed by atoms with Gasteiger partial charge in [-0.25, -0.2) is 9.97 Å². The zero-order chi connectivity index (χ0) is 16.7. The number of rotatable bonds is 2. The Balaban J connectivity index is 1.58. The molecule has 24 heavy (non-hydrogen) atoms. The molecular weight excluding hydrogens is 304 g/mol. The van der Waals surface area contributed by atoms with Crippen LogP contribution in [0.15, 0.2) is 36.4 Å². The van der Waals surface area contributed by atoms with Gasteiger partial charge in [0.2, 0.25) is 5.91 Å². The van der Waals surface area contributed by atoms with Crippen molar-refractivity contribution in [3.05, 3.63) is 42.1 Å². The van der Waals surface area contributed by atoms with Crippen molar-refractivity contribution in [3.63, 3.8) is 0 Å². The number of hydrogen-bond acceptors (Lipinski definition) is 5. The van der Waals surface area contributed by atoms with E-state index in [0.29, 0.717) is 31.9 Å². The molecule has 1 unspecified atom stereocenters. The van der Waals surface area contributed by atoms with E-state index in [0.717, 1.165) is 17.1 Å². The highest BCUT2D eigenvalue weighted by atomic mass is 16.3. The molecule has 2 aromatic rings. The van der Waals surface area contributed by atoms with Gasteiger partial charge in [0.1, 0.15) is 5.82 Å². The quantitative estimate of drug-likeness (QED) is 0.866. The third kappa shape index (κ3) is 2.53. The summed E-state index contributed by atoms with van der Waals surface area (Å²) in [5.41, 5.74) is 1.39. The fraction of sp³-hybridized carbons (Fsp3) is 0.389. The first-order valence-electron chi connectivity index (χ1n) is 8.18. The van der Waals surface area contributed by atoms with E-state index in [-0.39, 0.29) is 5.91 Å². The zero-order valence-corrected chi connectivity index (χ0v) is 13.6. The first-order valence-corrected chi connectivity index (χ1v) is 8.18. The van der Waals surface area contributed by atoms with Crippen molar-refractivity contribution in [1.29, 1.82) is 0 Å². The summed E-state index contributed by atoms with van der Waals surface area (Å²) < 4.78 is 0. The van der Waals surface area contributed by atoms with Crippen LogP contribution in [-0.4, -0.2) is 46.7 Å². The molecule has 2 aliphatic rings. The summed E-state index contributed by atoms with van der Waals surface area (Å²) in [6.45, 7) is 3.47. The summed E-state index contributed by atoms with van der Waals surface area (Å²) in [5.74, 6) is 1.57. The molecule has 1 atom stereocenters. The van der Waals surface area contributed by atoms with Gasteiger partial charge in [-0.3, -0.25) is 4.79 Å². The molecule has 1 amide bonds. The van der Waals surface area contributed by atoms with Gasteiger partial charge in [-0.1, -0.05) is 30.3 Å². The molecule has 2 fully saturated rings. The lowest BCUT2D eigenvalue weighted by Crippen LogP contribution is -2.68. The first-order chi connectivity index (χ1) is 11.6. The fourth-order valence-electron chi connectivity index (χ4n) is 3.56. The number of β-amino-alcohol motifs (C(OH)–C–C–N with tert-alkyl or cyclic N) is 1. The lowest BCUT2D eigenvalue weighted by atomic mass is 9.72. The number of carbonyl (C=O) groups is 1. The van der Waals surface area contributed by atoms with Crippen LogP contribution >= 0.6 is 0 Å². The highest BCUT2D eigenvalue weighted by molar-refractivity contribution is 5.87. The van der Waals surface area contributed by atoms with Gasteiger partial charge in [-0.05, 0) is 13.3 Å². The minimum absolute atomic E-state index is 0.0399. The average Bonchev–Trinajstić information content (AvgIpc) is 2.55. The van der Waals surface area contributed by atoms with Crippen molar-refractivity contribution >= 4 is 11.7 Å². The normalized spacial score (nSPS) is 22.2. The number of aliphatic hydroxyl groups excluding tert-OH is 1. The fourth-order valence-corrected chi connectivity index (χ4v) is 3.56. The number of hydrogen-bond donors (Lipinski definition) is 2. The molecule has 1 spiro atoms. The maximum Gasteiger partial charge on any atom is 0.230 e. The van der Waals surface area contributed by atoms with Gasteiger partial charge in [0.25, 0.3) is 0 Å². The third-order valence-corrected chi connectivity index (χ3v) is 4.79. The summed E-state index contributed by atoms with van der Waals surface area (Å²) in [7, 11) is 0. The summed E-state index contributed by atoms with van der Waals surface area (Å²) in [6, 6.07) is 11.8. The molecule has 1 aromatic carbocycles. The van der Waals surface area contributed by atoms with Crippen molar-refractivity contribution in [2.45, 2.75) is 19.4 Å². The Bertz CT molecular complexity index is 772. The van der Waals surface area contributed by atoms with Crippen LogP contribution in [0.4, 0.5) is 5.82 Å². The van der Waals surface area contributed by atoms with Crippen LogP contribution in [0.25, 0.3) is 11.4 Å². The number of piperidine rings is 1. The number of nitrogens with zero attached hydrogens (tertiary/aromatic N) is 3. The van der Waals surface area contributed by atoms with E-state index in [1.807, 2.05) is 43.3 Å². The molecular formula is C18H20N4O2. The highest BCUT2D eigenvalue weighted by Gasteiger charge is 2.52. The van der Waals surface area contributed by atoms with E-state index in [2.05, 4.69) is 20.2 Å². The van der Waals surface area contributed by atoms with Crippen LogP contribution in [-0.2, 0) is 4.79 Å². The second-order valence-corrected chi connectivity index (χ2v) is 6.76. The Morgan fingerprint density at radius 2 is 2.00 bits per heavy atom.